The Bertz CT molecular complexity index is 1150. The summed E-state index contributed by atoms with van der Waals surface area (Å²) in [7, 11) is 0. The van der Waals surface area contributed by atoms with Crippen molar-refractivity contribution in [3.05, 3.63) is 47.2 Å². The maximum Gasteiger partial charge on any atom is 0.336 e. The summed E-state index contributed by atoms with van der Waals surface area (Å²) in [6.45, 7) is 5.17. The second kappa shape index (κ2) is 8.12. The summed E-state index contributed by atoms with van der Waals surface area (Å²) in [4.78, 5) is 28.7. The molecule has 1 amide bonds. The number of carbonyl (C=O) groups excluding carboxylic acids is 2. The number of rotatable bonds is 5. The largest absolute Gasteiger partial charge is 0.456 e. The van der Waals surface area contributed by atoms with Crippen LogP contribution in [0, 0.1) is 12.3 Å². The van der Waals surface area contributed by atoms with Gasteiger partial charge in [0, 0.05) is 25.7 Å². The molecular formula is C21H25N9O3. The van der Waals surface area contributed by atoms with E-state index in [2.05, 4.69) is 30.6 Å². The van der Waals surface area contributed by atoms with Crippen molar-refractivity contribution < 1.29 is 14.3 Å². The van der Waals surface area contributed by atoms with Crippen LogP contribution in [-0.4, -0.2) is 77.9 Å². The van der Waals surface area contributed by atoms with E-state index in [9.17, 15) is 9.59 Å². The van der Waals surface area contributed by atoms with Crippen molar-refractivity contribution in [1.29, 1.82) is 0 Å². The number of nitrogens with two attached hydrogens (primary N) is 1. The molecule has 2 aromatic rings. The van der Waals surface area contributed by atoms with Crippen molar-refractivity contribution in [2.24, 2.45) is 11.1 Å². The van der Waals surface area contributed by atoms with Crippen LogP contribution in [0.2, 0.25) is 0 Å². The summed E-state index contributed by atoms with van der Waals surface area (Å²) in [5.74, 6) is 0.186. The number of tetrazole rings is 1. The summed E-state index contributed by atoms with van der Waals surface area (Å²) >= 11 is 0. The Kier molecular flexibility index (Phi) is 5.25. The third-order valence-corrected chi connectivity index (χ3v) is 6.78. The molecule has 0 unspecified atom stereocenters. The Labute approximate surface area is 190 Å². The van der Waals surface area contributed by atoms with Crippen molar-refractivity contribution >= 4 is 11.9 Å². The molecule has 172 valence electrons. The number of carbonyl (C=O) groups is 2. The zero-order chi connectivity index (χ0) is 23.2. The van der Waals surface area contributed by atoms with E-state index in [1.165, 1.54) is 11.0 Å². The topological polar surface area (TPSA) is 145 Å². The average molecular weight is 451 g/mol. The molecule has 0 radical (unpaired) electrons. The maximum atomic E-state index is 13.2. The molecule has 1 fully saturated rings. The van der Waals surface area contributed by atoms with Gasteiger partial charge in [0.05, 0.1) is 28.5 Å². The molecule has 5 heterocycles. The molecule has 0 aromatic carbocycles. The van der Waals surface area contributed by atoms with E-state index in [4.69, 9.17) is 10.5 Å². The van der Waals surface area contributed by atoms with Crippen LogP contribution < -0.4 is 5.73 Å². The first-order valence-electron chi connectivity index (χ1n) is 10.8. The highest BCUT2D eigenvalue weighted by Crippen LogP contribution is 2.41. The molecular weight excluding hydrogens is 426 g/mol. The normalized spacial score (nSPS) is 21.4. The quantitative estimate of drug-likeness (QED) is 0.609. The fourth-order valence-electron chi connectivity index (χ4n) is 4.57. The number of hydrogen-bond donors (Lipinski definition) is 1. The zero-order valence-electron chi connectivity index (χ0n) is 18.5. The van der Waals surface area contributed by atoms with Gasteiger partial charge in [0.2, 0.25) is 5.91 Å². The summed E-state index contributed by atoms with van der Waals surface area (Å²) in [6, 6.07) is 1.88. The van der Waals surface area contributed by atoms with Crippen LogP contribution in [0.5, 0.6) is 0 Å². The number of ether oxygens (including phenoxy) is 1. The fourth-order valence-corrected chi connectivity index (χ4v) is 4.57. The standard InChI is InChI=1S/C21H25N9O3/c1-13-9-18(30-12-23-26-27-30)25-24-15(13)10-17(22)28-6-3-21(4-7-28)5-8-29(20(21)32)16-11-33-19(31)14(16)2/h5,8-9,12,17H,3-4,6-7,10-11,22H2,1-2H3/t17-/m1/s1. The minimum absolute atomic E-state index is 0.00303. The number of aromatic nitrogens is 6. The molecule has 0 aliphatic carbocycles. The first-order valence-corrected chi connectivity index (χ1v) is 10.8. The van der Waals surface area contributed by atoms with Crippen LogP contribution in [0.25, 0.3) is 5.82 Å². The average Bonchev–Trinajstić information content (AvgIpc) is 3.53. The minimum atomic E-state index is -0.557. The van der Waals surface area contributed by atoms with Crippen molar-refractivity contribution in [2.75, 3.05) is 19.7 Å². The predicted octanol–water partition coefficient (Wildman–Crippen LogP) is -0.143. The SMILES string of the molecule is CC1=C(N2C=CC3(CCN([C@@H](N)Cc4nnc(-n5cnnn5)cc4C)CC3)C2=O)COC1=O. The van der Waals surface area contributed by atoms with Crippen LogP contribution in [0.4, 0.5) is 0 Å². The van der Waals surface area contributed by atoms with Gasteiger partial charge in [-0.15, -0.1) is 10.2 Å². The van der Waals surface area contributed by atoms with Crippen LogP contribution in [-0.2, 0) is 20.7 Å². The van der Waals surface area contributed by atoms with Crippen LogP contribution in [0.15, 0.2) is 35.9 Å². The van der Waals surface area contributed by atoms with E-state index in [-0.39, 0.29) is 24.6 Å². The summed E-state index contributed by atoms with van der Waals surface area (Å²) in [5, 5.41) is 19.6. The number of hydrogen-bond acceptors (Lipinski definition) is 10. The molecule has 3 aliphatic heterocycles. The molecule has 12 heteroatoms. The first kappa shape index (κ1) is 21.3. The van der Waals surface area contributed by atoms with Gasteiger partial charge in [-0.2, -0.15) is 9.78 Å². The number of esters is 1. The van der Waals surface area contributed by atoms with Crippen molar-refractivity contribution in [1.82, 2.24) is 40.2 Å². The molecule has 5 rings (SSSR count). The highest BCUT2D eigenvalue weighted by molar-refractivity contribution is 5.95. The van der Waals surface area contributed by atoms with E-state index in [0.717, 1.165) is 11.3 Å². The Morgan fingerprint density at radius 1 is 1.21 bits per heavy atom. The number of amides is 1. The van der Waals surface area contributed by atoms with Gasteiger partial charge in [-0.05, 0) is 48.7 Å². The number of aryl methyl sites for hydroxylation is 1. The molecule has 3 aliphatic rings. The van der Waals surface area contributed by atoms with Crippen molar-refractivity contribution in [3.8, 4) is 5.82 Å². The minimum Gasteiger partial charge on any atom is -0.456 e. The summed E-state index contributed by atoms with van der Waals surface area (Å²) in [6.07, 6.45) is 6.85. The molecule has 2 N–H and O–H groups in total. The summed E-state index contributed by atoms with van der Waals surface area (Å²) in [5.41, 5.74) is 8.86. The van der Waals surface area contributed by atoms with Gasteiger partial charge >= 0.3 is 5.97 Å². The Morgan fingerprint density at radius 3 is 2.64 bits per heavy atom. The Morgan fingerprint density at radius 2 is 2.00 bits per heavy atom. The van der Waals surface area contributed by atoms with Gasteiger partial charge in [-0.25, -0.2) is 4.79 Å². The lowest BCUT2D eigenvalue weighted by molar-refractivity contribution is -0.138. The van der Waals surface area contributed by atoms with Gasteiger partial charge in [-0.3, -0.25) is 14.6 Å². The van der Waals surface area contributed by atoms with Crippen LogP contribution in [0.1, 0.15) is 31.0 Å². The number of nitrogens with zero attached hydrogens (tertiary/aromatic N) is 8. The third kappa shape index (κ3) is 3.70. The van der Waals surface area contributed by atoms with Gasteiger partial charge in [-0.1, -0.05) is 6.08 Å². The van der Waals surface area contributed by atoms with E-state index in [1.54, 1.807) is 18.0 Å². The lowest BCUT2D eigenvalue weighted by Gasteiger charge is -2.40. The molecule has 1 saturated heterocycles. The van der Waals surface area contributed by atoms with Gasteiger partial charge in [0.1, 0.15) is 12.9 Å². The first-order chi connectivity index (χ1) is 15.9. The second-order valence-corrected chi connectivity index (χ2v) is 8.69. The Hall–Kier alpha value is -3.51. The predicted molar refractivity (Wildman–Crippen MR) is 114 cm³/mol. The monoisotopic (exact) mass is 451 g/mol. The van der Waals surface area contributed by atoms with Crippen molar-refractivity contribution in [3.63, 3.8) is 0 Å². The van der Waals surface area contributed by atoms with Crippen molar-refractivity contribution in [2.45, 2.75) is 39.3 Å². The highest BCUT2D eigenvalue weighted by atomic mass is 16.5. The number of piperidine rings is 1. The molecule has 2 aromatic heterocycles. The molecule has 1 atom stereocenters. The molecule has 0 bridgehead atoms. The molecule has 12 nitrogen and oxygen atoms in total. The number of likely N-dealkylation sites (tertiary alicyclic amines) is 1. The lowest BCUT2D eigenvalue weighted by Crippen LogP contribution is -2.52. The van der Waals surface area contributed by atoms with E-state index in [0.29, 0.717) is 49.4 Å². The smallest absolute Gasteiger partial charge is 0.336 e. The van der Waals surface area contributed by atoms with Gasteiger partial charge in [0.15, 0.2) is 5.82 Å². The zero-order valence-corrected chi connectivity index (χ0v) is 18.5. The van der Waals surface area contributed by atoms with Gasteiger partial charge in [0.25, 0.3) is 0 Å². The summed E-state index contributed by atoms with van der Waals surface area (Å²) < 4.78 is 6.52. The molecule has 0 saturated carbocycles. The van der Waals surface area contributed by atoms with E-state index in [1.807, 2.05) is 19.1 Å². The molecule has 33 heavy (non-hydrogen) atoms. The Balaban J connectivity index is 1.21. The lowest BCUT2D eigenvalue weighted by atomic mass is 9.78. The van der Waals surface area contributed by atoms with Crippen LogP contribution in [0.3, 0.4) is 0 Å². The maximum absolute atomic E-state index is 13.2. The van der Waals surface area contributed by atoms with E-state index < -0.39 is 5.41 Å². The third-order valence-electron chi connectivity index (χ3n) is 6.78. The van der Waals surface area contributed by atoms with Gasteiger partial charge < -0.3 is 10.5 Å². The highest BCUT2D eigenvalue weighted by Gasteiger charge is 2.47. The number of cyclic esters (lactones) is 1. The van der Waals surface area contributed by atoms with Crippen LogP contribution >= 0.6 is 0 Å². The van der Waals surface area contributed by atoms with E-state index >= 15 is 0 Å². The molecule has 1 spiro atoms. The fraction of sp³-hybridized carbons (Fsp3) is 0.476. The second-order valence-electron chi connectivity index (χ2n) is 8.69.